The van der Waals surface area contributed by atoms with E-state index in [4.69, 9.17) is 21.3 Å². The van der Waals surface area contributed by atoms with Gasteiger partial charge in [-0.15, -0.1) is 0 Å². The second kappa shape index (κ2) is 8.05. The Kier molecular flexibility index (Phi) is 5.94. The number of ether oxygens (including phenoxy) is 1. The number of anilines is 1. The van der Waals surface area contributed by atoms with Crippen LogP contribution in [0.2, 0.25) is 16.5 Å². The molecular weight excluding hydrogens is 423 g/mol. The Balaban J connectivity index is 1.68. The monoisotopic (exact) mass is 447 g/mol. The van der Waals surface area contributed by atoms with Crippen LogP contribution < -0.4 is 11.5 Å². The number of nitrogen functional groups attached to an aromatic ring is 1. The number of aliphatic hydroxyl groups excluding tert-OH is 2. The third-order valence-electron chi connectivity index (χ3n) is 4.54. The molecule has 2 aromatic heterocycles. The van der Waals surface area contributed by atoms with Crippen LogP contribution in [0.15, 0.2) is 12.7 Å². The summed E-state index contributed by atoms with van der Waals surface area (Å²) in [5, 5.41) is 31.0. The summed E-state index contributed by atoms with van der Waals surface area (Å²) in [7, 11) is 0. The van der Waals surface area contributed by atoms with Crippen molar-refractivity contribution in [3.05, 3.63) is 12.7 Å². The van der Waals surface area contributed by atoms with Crippen molar-refractivity contribution in [2.45, 2.75) is 53.5 Å². The molecule has 0 amide bonds. The fourth-order valence-corrected chi connectivity index (χ4v) is 6.45. The number of fused-ring (bicyclic) bond motifs is 1. The van der Waals surface area contributed by atoms with E-state index in [2.05, 4.69) is 15.0 Å². The topological polar surface area (TPSA) is 183 Å². The first kappa shape index (κ1) is 19.9. The minimum atomic E-state index is -1.25. The number of hydrogen-bond donors (Lipinski definition) is 5. The summed E-state index contributed by atoms with van der Waals surface area (Å²) in [5.74, 6) is 1.25. The molecule has 0 saturated carbocycles. The van der Waals surface area contributed by atoms with Crippen LogP contribution in [0, 0.1) is 0 Å². The Morgan fingerprint density at radius 2 is 2.11 bits per heavy atom. The van der Waals surface area contributed by atoms with E-state index >= 15 is 0 Å². The molecule has 1 saturated heterocycles. The zero-order valence-corrected chi connectivity index (χ0v) is 16.4. The SMILES string of the molecule is C[Se+](CCC(N)C(=O)O)CC1OC(n2cnc3c(N)ncnc32)C(O)C1O. The molecule has 7 N–H and O–H groups in total. The number of aliphatic hydroxyl groups is 2. The van der Waals surface area contributed by atoms with Crippen molar-refractivity contribution in [3.8, 4) is 0 Å². The summed E-state index contributed by atoms with van der Waals surface area (Å²) in [6.07, 6.45) is -0.486. The molecule has 1 aliphatic rings. The molecule has 148 valence electrons. The van der Waals surface area contributed by atoms with E-state index in [9.17, 15) is 15.0 Å². The van der Waals surface area contributed by atoms with Crippen LogP contribution in [0.1, 0.15) is 12.6 Å². The van der Waals surface area contributed by atoms with Crippen molar-refractivity contribution in [2.75, 3.05) is 5.73 Å². The molecule has 3 heterocycles. The van der Waals surface area contributed by atoms with Gasteiger partial charge in [0.2, 0.25) is 0 Å². The van der Waals surface area contributed by atoms with Gasteiger partial charge < -0.3 is 0 Å². The van der Waals surface area contributed by atoms with Gasteiger partial charge in [-0.25, -0.2) is 0 Å². The van der Waals surface area contributed by atoms with Crippen molar-refractivity contribution in [3.63, 3.8) is 0 Å². The number of nitrogens with zero attached hydrogens (tertiary/aromatic N) is 4. The molecule has 2 aromatic rings. The van der Waals surface area contributed by atoms with Crippen LogP contribution in [0.3, 0.4) is 0 Å². The molecule has 0 aliphatic carbocycles. The predicted octanol–water partition coefficient (Wildman–Crippen LogP) is -1.05. The van der Waals surface area contributed by atoms with Gasteiger partial charge in [-0.05, 0) is 0 Å². The fourth-order valence-electron chi connectivity index (χ4n) is 2.97. The Bertz CT molecular complexity index is 819. The average molecular weight is 446 g/mol. The quantitative estimate of drug-likeness (QED) is 0.329. The van der Waals surface area contributed by atoms with Gasteiger partial charge in [0, 0.05) is 0 Å². The van der Waals surface area contributed by atoms with Crippen LogP contribution in [-0.2, 0) is 9.53 Å². The van der Waals surface area contributed by atoms with E-state index in [0.29, 0.717) is 28.2 Å². The maximum absolute atomic E-state index is 10.8. The normalized spacial score (nSPS) is 27.7. The molecule has 1 aliphatic heterocycles. The molecule has 27 heavy (non-hydrogen) atoms. The molecule has 0 spiro atoms. The minimum absolute atomic E-state index is 0.221. The first-order valence-corrected chi connectivity index (χ1v) is 12.4. The number of rotatable bonds is 7. The summed E-state index contributed by atoms with van der Waals surface area (Å²) in [6, 6.07) is -0.883. The second-order valence-electron chi connectivity index (χ2n) is 6.51. The van der Waals surface area contributed by atoms with Crippen molar-refractivity contribution >= 4 is 36.9 Å². The van der Waals surface area contributed by atoms with E-state index in [1.807, 2.05) is 5.82 Å². The predicted molar refractivity (Wildman–Crippen MR) is 97.1 cm³/mol. The Morgan fingerprint density at radius 1 is 1.37 bits per heavy atom. The average Bonchev–Trinajstić information content (AvgIpc) is 3.17. The van der Waals surface area contributed by atoms with Gasteiger partial charge in [-0.1, -0.05) is 0 Å². The van der Waals surface area contributed by atoms with Crippen LogP contribution >= 0.6 is 0 Å². The van der Waals surface area contributed by atoms with Crippen molar-refractivity contribution in [2.24, 2.45) is 5.73 Å². The molecule has 3 rings (SSSR count). The van der Waals surface area contributed by atoms with Gasteiger partial charge in [-0.2, -0.15) is 0 Å². The van der Waals surface area contributed by atoms with Gasteiger partial charge in [0.15, 0.2) is 0 Å². The van der Waals surface area contributed by atoms with Crippen LogP contribution in [0.5, 0.6) is 0 Å². The summed E-state index contributed by atoms with van der Waals surface area (Å²) in [6.45, 7) is 0. The number of hydrogen-bond acceptors (Lipinski definition) is 9. The Hall–Kier alpha value is -1.82. The van der Waals surface area contributed by atoms with E-state index in [0.717, 1.165) is 0 Å². The molecule has 12 heteroatoms. The Labute approximate surface area is 159 Å². The van der Waals surface area contributed by atoms with Crippen molar-refractivity contribution in [1.29, 1.82) is 0 Å². The van der Waals surface area contributed by atoms with Gasteiger partial charge in [0.05, 0.1) is 0 Å². The number of aromatic nitrogens is 4. The zero-order valence-electron chi connectivity index (χ0n) is 14.7. The van der Waals surface area contributed by atoms with Crippen molar-refractivity contribution < 1.29 is 24.9 Å². The molecule has 11 nitrogen and oxygen atoms in total. The number of carboxylic acid groups (broad SMARTS) is 1. The summed E-state index contributed by atoms with van der Waals surface area (Å²) in [4.78, 5) is 23.0. The first-order valence-electron chi connectivity index (χ1n) is 8.31. The molecule has 0 radical (unpaired) electrons. The number of carboxylic acids is 1. The third kappa shape index (κ3) is 4.05. The molecular formula is C15H23N6O5Se+. The first-order chi connectivity index (χ1) is 12.8. The van der Waals surface area contributed by atoms with Crippen molar-refractivity contribution in [1.82, 2.24) is 19.5 Å². The summed E-state index contributed by atoms with van der Waals surface area (Å²) >= 11 is -1.25. The number of nitrogens with two attached hydrogens (primary N) is 2. The standard InChI is InChI=1S/C15H22N6O5Se/c1-27(3-2-7(16)15(24)25)4-8-10(22)11(23)14(26-8)21-6-20-9-12(17)18-5-19-13(9)21/h5-8,10-11,14,22-23H,2-4,16H2,1H3,(H2-,17,18,19,24,25)/p+1. The third-order valence-corrected chi connectivity index (χ3v) is 8.38. The van der Waals surface area contributed by atoms with Gasteiger partial charge in [0.25, 0.3) is 0 Å². The van der Waals surface area contributed by atoms with Gasteiger partial charge >= 0.3 is 159 Å². The van der Waals surface area contributed by atoms with Gasteiger partial charge in [-0.3, -0.25) is 0 Å². The summed E-state index contributed by atoms with van der Waals surface area (Å²) < 4.78 is 7.44. The summed E-state index contributed by atoms with van der Waals surface area (Å²) in [5.41, 5.74) is 12.1. The number of imidazole rings is 1. The number of aliphatic carboxylic acids is 1. The van der Waals surface area contributed by atoms with Crippen LogP contribution in [0.4, 0.5) is 5.82 Å². The number of carbonyl (C=O) groups is 1. The second-order valence-corrected chi connectivity index (χ2v) is 11.3. The van der Waals surface area contributed by atoms with E-state index < -0.39 is 50.5 Å². The van der Waals surface area contributed by atoms with Crippen LogP contribution in [-0.4, -0.2) is 79.1 Å². The fraction of sp³-hybridized carbons (Fsp3) is 0.600. The van der Waals surface area contributed by atoms with E-state index in [1.165, 1.54) is 17.2 Å². The van der Waals surface area contributed by atoms with E-state index in [-0.39, 0.29) is 5.82 Å². The van der Waals surface area contributed by atoms with Gasteiger partial charge in [0.1, 0.15) is 0 Å². The van der Waals surface area contributed by atoms with Crippen LogP contribution in [0.25, 0.3) is 11.2 Å². The molecule has 0 aromatic carbocycles. The maximum atomic E-state index is 10.8. The zero-order chi connectivity index (χ0) is 19.7. The Morgan fingerprint density at radius 3 is 2.81 bits per heavy atom. The molecule has 0 bridgehead atoms. The molecule has 6 unspecified atom stereocenters. The molecule has 6 atom stereocenters. The van der Waals surface area contributed by atoms with E-state index in [1.54, 1.807) is 0 Å². The molecule has 1 fully saturated rings.